The zero-order valence-electron chi connectivity index (χ0n) is 16.9. The van der Waals surface area contributed by atoms with Gasteiger partial charge in [0.1, 0.15) is 17.2 Å². The minimum absolute atomic E-state index is 0.267. The fourth-order valence-electron chi connectivity index (χ4n) is 2.70. The third-order valence-electron chi connectivity index (χ3n) is 4.33. The van der Waals surface area contributed by atoms with Gasteiger partial charge in [0, 0.05) is 31.5 Å². The number of ether oxygens (including phenoxy) is 2. The minimum Gasteiger partial charge on any atom is -0.497 e. The molecule has 150 valence electrons. The number of nitrogens with zero attached hydrogens (tertiary/aromatic N) is 2. The van der Waals surface area contributed by atoms with E-state index in [0.717, 1.165) is 17.1 Å². The van der Waals surface area contributed by atoms with Crippen LogP contribution in [0.5, 0.6) is 11.5 Å². The monoisotopic (exact) mass is 392 g/mol. The summed E-state index contributed by atoms with van der Waals surface area (Å²) in [6.07, 6.45) is 1.60. The molecule has 7 nitrogen and oxygen atoms in total. The van der Waals surface area contributed by atoms with Crippen molar-refractivity contribution in [2.45, 2.75) is 0 Å². The van der Waals surface area contributed by atoms with Crippen LogP contribution >= 0.6 is 0 Å². The molecule has 29 heavy (non-hydrogen) atoms. The first-order chi connectivity index (χ1) is 14.0. The average Bonchev–Trinajstić information content (AvgIpc) is 2.74. The Morgan fingerprint density at radius 2 is 1.66 bits per heavy atom. The van der Waals surface area contributed by atoms with Gasteiger partial charge < -0.3 is 25.0 Å². The minimum atomic E-state index is -0.267. The lowest BCUT2D eigenvalue weighted by Crippen LogP contribution is -2.14. The van der Waals surface area contributed by atoms with E-state index in [2.05, 4.69) is 15.6 Å². The molecule has 0 fully saturated rings. The molecule has 1 heterocycles. The number of anilines is 4. The molecule has 2 aromatic carbocycles. The fraction of sp³-hybridized carbons (Fsp3) is 0.182. The highest BCUT2D eigenvalue weighted by atomic mass is 16.5. The van der Waals surface area contributed by atoms with E-state index in [-0.39, 0.29) is 5.91 Å². The molecule has 7 heteroatoms. The Balaban J connectivity index is 1.67. The molecule has 0 radical (unpaired) electrons. The average molecular weight is 392 g/mol. The summed E-state index contributed by atoms with van der Waals surface area (Å²) in [5.74, 6) is 1.08. The molecular formula is C22H24N4O3. The van der Waals surface area contributed by atoms with Crippen LogP contribution < -0.4 is 25.0 Å². The largest absolute Gasteiger partial charge is 0.497 e. The highest BCUT2D eigenvalue weighted by molar-refractivity contribution is 6.03. The standard InChI is InChI=1S/C22H24N4O3/c1-26(2)17-8-5-15(6-9-17)25-22(27)20-11-7-16(14-23-20)24-19-12-10-18(28-3)13-21(19)29-4/h5-14,24H,1-4H3,(H,25,27). The van der Waals surface area contributed by atoms with Crippen LogP contribution in [-0.2, 0) is 0 Å². The second-order valence-corrected chi connectivity index (χ2v) is 6.52. The van der Waals surface area contributed by atoms with E-state index in [1.807, 2.05) is 55.4 Å². The highest BCUT2D eigenvalue weighted by Gasteiger charge is 2.10. The molecule has 0 atom stereocenters. The predicted molar refractivity (Wildman–Crippen MR) is 116 cm³/mol. The van der Waals surface area contributed by atoms with E-state index in [1.54, 1.807) is 38.6 Å². The Morgan fingerprint density at radius 3 is 2.24 bits per heavy atom. The van der Waals surface area contributed by atoms with Crippen LogP contribution in [0.2, 0.25) is 0 Å². The van der Waals surface area contributed by atoms with E-state index in [9.17, 15) is 4.79 Å². The summed E-state index contributed by atoms with van der Waals surface area (Å²) in [7, 11) is 7.13. The first kappa shape index (κ1) is 20.0. The molecule has 2 N–H and O–H groups in total. The summed E-state index contributed by atoms with van der Waals surface area (Å²) in [4.78, 5) is 18.7. The van der Waals surface area contributed by atoms with Crippen LogP contribution in [0.15, 0.2) is 60.8 Å². The second-order valence-electron chi connectivity index (χ2n) is 6.52. The molecule has 3 aromatic rings. The normalized spacial score (nSPS) is 10.2. The summed E-state index contributed by atoms with van der Waals surface area (Å²) in [5.41, 5.74) is 3.61. The highest BCUT2D eigenvalue weighted by Crippen LogP contribution is 2.31. The van der Waals surface area contributed by atoms with Crippen LogP contribution in [0.1, 0.15) is 10.5 Å². The molecule has 0 aliphatic heterocycles. The van der Waals surface area contributed by atoms with Crippen LogP contribution in [0.4, 0.5) is 22.7 Å². The second kappa shape index (κ2) is 8.97. The first-order valence-electron chi connectivity index (χ1n) is 9.04. The van der Waals surface area contributed by atoms with Crippen molar-refractivity contribution in [1.29, 1.82) is 0 Å². The molecule has 1 aromatic heterocycles. The number of hydrogen-bond acceptors (Lipinski definition) is 6. The summed E-state index contributed by atoms with van der Waals surface area (Å²) >= 11 is 0. The molecule has 0 aliphatic carbocycles. The van der Waals surface area contributed by atoms with Gasteiger partial charge in [0.2, 0.25) is 0 Å². The summed E-state index contributed by atoms with van der Waals surface area (Å²) < 4.78 is 10.6. The van der Waals surface area contributed by atoms with Crippen molar-refractivity contribution in [3.8, 4) is 11.5 Å². The van der Waals surface area contributed by atoms with E-state index >= 15 is 0 Å². The van der Waals surface area contributed by atoms with E-state index in [0.29, 0.717) is 22.9 Å². The topological polar surface area (TPSA) is 75.7 Å². The van der Waals surface area contributed by atoms with Crippen molar-refractivity contribution >= 4 is 28.7 Å². The molecule has 3 rings (SSSR count). The number of aromatic nitrogens is 1. The van der Waals surface area contributed by atoms with Gasteiger partial charge >= 0.3 is 0 Å². The Morgan fingerprint density at radius 1 is 0.931 bits per heavy atom. The van der Waals surface area contributed by atoms with E-state index in [4.69, 9.17) is 9.47 Å². The summed E-state index contributed by atoms with van der Waals surface area (Å²) in [6.45, 7) is 0. The van der Waals surface area contributed by atoms with Crippen molar-refractivity contribution in [3.63, 3.8) is 0 Å². The number of carbonyl (C=O) groups is 1. The van der Waals surface area contributed by atoms with Crippen molar-refractivity contribution in [2.24, 2.45) is 0 Å². The van der Waals surface area contributed by atoms with Gasteiger partial charge in [-0.25, -0.2) is 4.98 Å². The number of benzene rings is 2. The molecule has 0 bridgehead atoms. The molecular weight excluding hydrogens is 368 g/mol. The molecule has 0 unspecified atom stereocenters. The Bertz CT molecular complexity index is 970. The first-order valence-corrected chi connectivity index (χ1v) is 9.04. The van der Waals surface area contributed by atoms with Gasteiger partial charge in [-0.2, -0.15) is 0 Å². The Hall–Kier alpha value is -3.74. The SMILES string of the molecule is COc1ccc(Nc2ccc(C(=O)Nc3ccc(N(C)C)cc3)nc2)c(OC)c1. The van der Waals surface area contributed by atoms with Gasteiger partial charge in [-0.15, -0.1) is 0 Å². The maximum absolute atomic E-state index is 12.4. The lowest BCUT2D eigenvalue weighted by molar-refractivity contribution is 0.102. The quantitative estimate of drug-likeness (QED) is 0.629. The van der Waals surface area contributed by atoms with Crippen LogP contribution in [0.25, 0.3) is 0 Å². The van der Waals surface area contributed by atoms with Crippen LogP contribution in [0, 0.1) is 0 Å². The predicted octanol–water partition coefficient (Wildman–Crippen LogP) is 4.16. The van der Waals surface area contributed by atoms with Gasteiger partial charge in [-0.1, -0.05) is 0 Å². The summed E-state index contributed by atoms with van der Waals surface area (Å²) in [6, 6.07) is 16.5. The van der Waals surface area contributed by atoms with Crippen LogP contribution in [-0.4, -0.2) is 39.2 Å². The number of hydrogen-bond donors (Lipinski definition) is 2. The van der Waals surface area contributed by atoms with Gasteiger partial charge in [0.25, 0.3) is 5.91 Å². The maximum Gasteiger partial charge on any atom is 0.274 e. The summed E-state index contributed by atoms with van der Waals surface area (Å²) in [5, 5.41) is 6.08. The van der Waals surface area contributed by atoms with Gasteiger partial charge in [-0.3, -0.25) is 4.79 Å². The van der Waals surface area contributed by atoms with Crippen LogP contribution in [0.3, 0.4) is 0 Å². The Labute approximate surface area is 170 Å². The van der Waals surface area contributed by atoms with Crippen molar-refractivity contribution in [2.75, 3.05) is 43.8 Å². The van der Waals surface area contributed by atoms with E-state index < -0.39 is 0 Å². The molecule has 1 amide bonds. The third kappa shape index (κ3) is 4.95. The van der Waals surface area contributed by atoms with Gasteiger partial charge in [0.15, 0.2) is 0 Å². The number of amides is 1. The lowest BCUT2D eigenvalue weighted by Gasteiger charge is -2.13. The van der Waals surface area contributed by atoms with E-state index in [1.165, 1.54) is 0 Å². The molecule has 0 spiro atoms. The number of nitrogens with one attached hydrogen (secondary N) is 2. The Kier molecular flexibility index (Phi) is 6.19. The molecule has 0 aliphatic rings. The zero-order valence-corrected chi connectivity index (χ0v) is 16.9. The number of pyridine rings is 1. The number of methoxy groups -OCH3 is 2. The van der Waals surface area contributed by atoms with Gasteiger partial charge in [-0.05, 0) is 48.5 Å². The molecule has 0 saturated heterocycles. The number of rotatable bonds is 7. The van der Waals surface area contributed by atoms with Crippen molar-refractivity contribution < 1.29 is 14.3 Å². The number of carbonyl (C=O) groups excluding carboxylic acids is 1. The van der Waals surface area contributed by atoms with Crippen molar-refractivity contribution in [1.82, 2.24) is 4.98 Å². The maximum atomic E-state index is 12.4. The van der Waals surface area contributed by atoms with Crippen molar-refractivity contribution in [3.05, 3.63) is 66.5 Å². The zero-order chi connectivity index (χ0) is 20.8. The fourth-order valence-corrected chi connectivity index (χ4v) is 2.70. The third-order valence-corrected chi connectivity index (χ3v) is 4.33. The van der Waals surface area contributed by atoms with Gasteiger partial charge in [0.05, 0.1) is 31.8 Å². The smallest absolute Gasteiger partial charge is 0.274 e. The lowest BCUT2D eigenvalue weighted by atomic mass is 10.2. The molecule has 0 saturated carbocycles.